The van der Waals surface area contributed by atoms with E-state index in [0.717, 1.165) is 18.8 Å². The largest absolute Gasteiger partial charge is 0.359 e. The topological polar surface area (TPSA) is 83.3 Å². The molecule has 6 nitrogen and oxygen atoms in total. The number of carbonyl (C=O) groups excluding carboxylic acids is 1. The van der Waals surface area contributed by atoms with Crippen LogP contribution in [0.4, 0.5) is 11.6 Å². The third-order valence-electron chi connectivity index (χ3n) is 3.45. The highest BCUT2D eigenvalue weighted by Gasteiger charge is 2.40. The van der Waals surface area contributed by atoms with Crippen molar-refractivity contribution in [3.05, 3.63) is 18.2 Å². The van der Waals surface area contributed by atoms with E-state index in [4.69, 9.17) is 5.84 Å². The molecule has 1 aliphatic heterocycles. The van der Waals surface area contributed by atoms with Crippen LogP contribution in [0.25, 0.3) is 0 Å². The van der Waals surface area contributed by atoms with Gasteiger partial charge in [0.2, 0.25) is 5.91 Å². The molecule has 0 aliphatic carbocycles. The minimum atomic E-state index is -0.345. The average molecular weight is 249 g/mol. The van der Waals surface area contributed by atoms with Crippen LogP contribution in [0.3, 0.4) is 0 Å². The Bertz CT molecular complexity index is 450. The molecule has 1 aromatic rings. The van der Waals surface area contributed by atoms with E-state index in [1.807, 2.05) is 19.1 Å². The summed E-state index contributed by atoms with van der Waals surface area (Å²) in [7, 11) is 1.67. The molecule has 98 valence electrons. The summed E-state index contributed by atoms with van der Waals surface area (Å²) in [5.41, 5.74) is 2.18. The second kappa shape index (κ2) is 4.81. The molecule has 0 radical (unpaired) electrons. The minimum absolute atomic E-state index is 0.0816. The second-order valence-electron chi connectivity index (χ2n) is 4.84. The van der Waals surface area contributed by atoms with Crippen molar-refractivity contribution in [2.45, 2.75) is 13.3 Å². The van der Waals surface area contributed by atoms with Crippen molar-refractivity contribution >= 4 is 17.5 Å². The smallest absolute Gasteiger partial charge is 0.227 e. The molecule has 2 heterocycles. The number of rotatable bonds is 3. The minimum Gasteiger partial charge on any atom is -0.359 e. The predicted molar refractivity (Wildman–Crippen MR) is 71.1 cm³/mol. The maximum absolute atomic E-state index is 11.8. The van der Waals surface area contributed by atoms with E-state index in [1.165, 1.54) is 0 Å². The molecule has 0 bridgehead atoms. The number of hydrazine groups is 1. The molecule has 1 aromatic heterocycles. The number of pyridine rings is 1. The van der Waals surface area contributed by atoms with Gasteiger partial charge in [0, 0.05) is 20.1 Å². The average Bonchev–Trinajstić information content (AvgIpc) is 2.82. The molecule has 4 N–H and O–H groups in total. The van der Waals surface area contributed by atoms with Crippen LogP contribution in [0.5, 0.6) is 0 Å². The molecule has 2 rings (SSSR count). The Labute approximate surface area is 107 Å². The molecule has 0 aromatic carbocycles. The SMILES string of the molecule is CNC(=O)C1(C)CCN(c2cccc(NN)n2)C1. The van der Waals surface area contributed by atoms with E-state index in [2.05, 4.69) is 20.6 Å². The number of nitrogens with one attached hydrogen (secondary N) is 2. The van der Waals surface area contributed by atoms with Gasteiger partial charge < -0.3 is 15.6 Å². The fourth-order valence-corrected chi connectivity index (χ4v) is 2.32. The fraction of sp³-hybridized carbons (Fsp3) is 0.500. The van der Waals surface area contributed by atoms with Gasteiger partial charge in [0.1, 0.15) is 11.6 Å². The molecule has 1 aliphatic rings. The number of nitrogens with two attached hydrogens (primary N) is 1. The first-order chi connectivity index (χ1) is 8.59. The van der Waals surface area contributed by atoms with Crippen molar-refractivity contribution in [1.29, 1.82) is 0 Å². The van der Waals surface area contributed by atoms with Crippen molar-refractivity contribution in [1.82, 2.24) is 10.3 Å². The molecule has 18 heavy (non-hydrogen) atoms. The van der Waals surface area contributed by atoms with Gasteiger partial charge in [-0.1, -0.05) is 6.07 Å². The Kier molecular flexibility index (Phi) is 3.38. The van der Waals surface area contributed by atoms with Gasteiger partial charge in [0.05, 0.1) is 5.41 Å². The summed E-state index contributed by atoms with van der Waals surface area (Å²) >= 11 is 0. The second-order valence-corrected chi connectivity index (χ2v) is 4.84. The number of anilines is 2. The fourth-order valence-electron chi connectivity index (χ4n) is 2.32. The first-order valence-corrected chi connectivity index (χ1v) is 6.00. The molecule has 1 atom stereocenters. The predicted octanol–water partition coefficient (Wildman–Crippen LogP) is 0.330. The molecule has 6 heteroatoms. The number of nitrogen functional groups attached to an aromatic ring is 1. The first kappa shape index (κ1) is 12.6. The lowest BCUT2D eigenvalue weighted by atomic mass is 9.89. The van der Waals surface area contributed by atoms with E-state index in [9.17, 15) is 4.79 Å². The Balaban J connectivity index is 2.15. The van der Waals surface area contributed by atoms with Crippen molar-refractivity contribution in [2.24, 2.45) is 11.3 Å². The maximum atomic E-state index is 11.8. The molecule has 0 spiro atoms. The van der Waals surface area contributed by atoms with E-state index in [-0.39, 0.29) is 11.3 Å². The zero-order valence-electron chi connectivity index (χ0n) is 10.7. The zero-order valence-corrected chi connectivity index (χ0v) is 10.7. The van der Waals surface area contributed by atoms with Crippen LogP contribution in [0, 0.1) is 5.41 Å². The van der Waals surface area contributed by atoms with Gasteiger partial charge in [-0.15, -0.1) is 0 Å². The molecular formula is C12H19N5O. The third kappa shape index (κ3) is 2.24. The van der Waals surface area contributed by atoms with Crippen molar-refractivity contribution < 1.29 is 4.79 Å². The summed E-state index contributed by atoms with van der Waals surface area (Å²) in [5.74, 6) is 6.90. The number of carbonyl (C=O) groups is 1. The molecular weight excluding hydrogens is 230 g/mol. The van der Waals surface area contributed by atoms with Gasteiger partial charge >= 0.3 is 0 Å². The molecule has 1 amide bonds. The Morgan fingerprint density at radius 3 is 3.00 bits per heavy atom. The summed E-state index contributed by atoms with van der Waals surface area (Å²) in [4.78, 5) is 18.3. The van der Waals surface area contributed by atoms with Crippen LogP contribution in [0.1, 0.15) is 13.3 Å². The Hall–Kier alpha value is -1.82. The summed E-state index contributed by atoms with van der Waals surface area (Å²) < 4.78 is 0. The zero-order chi connectivity index (χ0) is 13.2. The van der Waals surface area contributed by atoms with Crippen LogP contribution >= 0.6 is 0 Å². The highest BCUT2D eigenvalue weighted by atomic mass is 16.2. The molecule has 1 saturated heterocycles. The van der Waals surface area contributed by atoms with Crippen LogP contribution in [-0.4, -0.2) is 31.0 Å². The quantitative estimate of drug-likeness (QED) is 0.531. The van der Waals surface area contributed by atoms with E-state index < -0.39 is 0 Å². The van der Waals surface area contributed by atoms with E-state index in [1.54, 1.807) is 13.1 Å². The van der Waals surface area contributed by atoms with E-state index in [0.29, 0.717) is 12.4 Å². The molecule has 1 unspecified atom stereocenters. The standard InChI is InChI=1S/C12H19N5O/c1-12(11(18)14-2)6-7-17(8-12)10-5-3-4-9(15-10)16-13/h3-5H,6-8,13H2,1-2H3,(H,14,18)(H,15,16). The number of hydrogen-bond acceptors (Lipinski definition) is 5. The van der Waals surface area contributed by atoms with Gasteiger partial charge in [-0.05, 0) is 25.5 Å². The van der Waals surface area contributed by atoms with Gasteiger partial charge in [0.25, 0.3) is 0 Å². The van der Waals surface area contributed by atoms with Crippen LogP contribution in [0.15, 0.2) is 18.2 Å². The lowest BCUT2D eigenvalue weighted by Gasteiger charge is -2.23. The van der Waals surface area contributed by atoms with Crippen LogP contribution < -0.4 is 21.5 Å². The Morgan fingerprint density at radius 1 is 1.56 bits per heavy atom. The van der Waals surface area contributed by atoms with Gasteiger partial charge in [-0.2, -0.15) is 0 Å². The Morgan fingerprint density at radius 2 is 2.33 bits per heavy atom. The summed E-state index contributed by atoms with van der Waals surface area (Å²) in [5, 5.41) is 2.72. The van der Waals surface area contributed by atoms with Crippen molar-refractivity contribution in [2.75, 3.05) is 30.5 Å². The van der Waals surface area contributed by atoms with Crippen molar-refractivity contribution in [3.8, 4) is 0 Å². The monoisotopic (exact) mass is 249 g/mol. The highest BCUT2D eigenvalue weighted by molar-refractivity contribution is 5.83. The van der Waals surface area contributed by atoms with Gasteiger partial charge in [-0.3, -0.25) is 4.79 Å². The highest BCUT2D eigenvalue weighted by Crippen LogP contribution is 2.32. The van der Waals surface area contributed by atoms with Gasteiger partial charge in [-0.25, -0.2) is 10.8 Å². The van der Waals surface area contributed by atoms with E-state index >= 15 is 0 Å². The number of amides is 1. The lowest BCUT2D eigenvalue weighted by molar-refractivity contribution is -0.128. The number of aromatic nitrogens is 1. The van der Waals surface area contributed by atoms with Crippen LogP contribution in [-0.2, 0) is 4.79 Å². The lowest BCUT2D eigenvalue weighted by Crippen LogP contribution is -2.39. The molecule has 1 fully saturated rings. The normalized spacial score (nSPS) is 22.9. The van der Waals surface area contributed by atoms with Gasteiger partial charge in [0.15, 0.2) is 0 Å². The third-order valence-corrected chi connectivity index (χ3v) is 3.45. The maximum Gasteiger partial charge on any atom is 0.227 e. The summed E-state index contributed by atoms with van der Waals surface area (Å²) in [6.07, 6.45) is 0.828. The molecule has 0 saturated carbocycles. The first-order valence-electron chi connectivity index (χ1n) is 6.00. The summed E-state index contributed by atoms with van der Waals surface area (Å²) in [6, 6.07) is 5.63. The van der Waals surface area contributed by atoms with Crippen molar-refractivity contribution in [3.63, 3.8) is 0 Å². The number of hydrogen-bond donors (Lipinski definition) is 3. The number of nitrogens with zero attached hydrogens (tertiary/aromatic N) is 2. The summed E-state index contributed by atoms with van der Waals surface area (Å²) in [6.45, 7) is 3.48. The van der Waals surface area contributed by atoms with Crippen LogP contribution in [0.2, 0.25) is 0 Å².